The van der Waals surface area contributed by atoms with Crippen LogP contribution in [0.3, 0.4) is 0 Å². The van der Waals surface area contributed by atoms with Crippen LogP contribution in [0.1, 0.15) is 44.2 Å². The first-order chi connectivity index (χ1) is 17.6. The number of anilines is 3. The molecule has 0 aliphatic carbocycles. The van der Waals surface area contributed by atoms with E-state index in [2.05, 4.69) is 32.7 Å². The van der Waals surface area contributed by atoms with Crippen molar-refractivity contribution in [1.29, 1.82) is 0 Å². The maximum atomic E-state index is 13.7. The summed E-state index contributed by atoms with van der Waals surface area (Å²) in [5.41, 5.74) is 3.29. The van der Waals surface area contributed by atoms with Gasteiger partial charge in [0, 0.05) is 23.3 Å². The number of barbiturate groups is 1. The van der Waals surface area contributed by atoms with Crippen molar-refractivity contribution in [2.75, 3.05) is 21.7 Å². The number of imide groups is 2. The molecule has 0 aromatic heterocycles. The minimum atomic E-state index is -0.724. The molecule has 5 rings (SSSR count). The second-order valence-corrected chi connectivity index (χ2v) is 10.6. The molecule has 6 nitrogen and oxygen atoms in total. The van der Waals surface area contributed by atoms with Crippen LogP contribution in [0.2, 0.25) is 5.02 Å². The van der Waals surface area contributed by atoms with Gasteiger partial charge in [-0.25, -0.2) is 14.6 Å². The average molecular weight is 514 g/mol. The van der Waals surface area contributed by atoms with E-state index in [0.717, 1.165) is 27.5 Å². The number of hydrogen-bond donors (Lipinski definition) is 0. The van der Waals surface area contributed by atoms with Crippen LogP contribution < -0.4 is 14.7 Å². The number of amides is 4. The third kappa shape index (κ3) is 4.21. The first-order valence-electron chi connectivity index (χ1n) is 12.2. The van der Waals surface area contributed by atoms with Crippen LogP contribution in [-0.4, -0.2) is 30.4 Å². The number of rotatable bonds is 3. The van der Waals surface area contributed by atoms with E-state index < -0.39 is 17.8 Å². The molecule has 3 aromatic rings. The van der Waals surface area contributed by atoms with E-state index in [0.29, 0.717) is 22.0 Å². The van der Waals surface area contributed by atoms with Crippen molar-refractivity contribution < 1.29 is 14.4 Å². The minimum absolute atomic E-state index is 0.0300. The van der Waals surface area contributed by atoms with E-state index in [1.165, 1.54) is 6.08 Å². The standard InChI is InChI=1S/C30H28ClN3O3/c1-19-18-30(2,3)32(4)26-17-25(31)20(15-23(19)26)16-24-27(35)33(21-11-7-5-8-12-21)29(37)34(28(24)36)22-13-9-6-10-14-22/h5-17,19H,18H2,1-4H3. The number of para-hydroxylation sites is 2. The molecule has 4 amide bonds. The first kappa shape index (κ1) is 24.8. The second kappa shape index (κ2) is 9.20. The topological polar surface area (TPSA) is 60.9 Å². The van der Waals surface area contributed by atoms with Crippen LogP contribution in [0, 0.1) is 0 Å². The van der Waals surface area contributed by atoms with Crippen LogP contribution in [0.15, 0.2) is 78.4 Å². The molecule has 0 bridgehead atoms. The molecule has 0 saturated carbocycles. The molecule has 1 unspecified atom stereocenters. The smallest absolute Gasteiger partial charge is 0.343 e. The Hall–Kier alpha value is -3.90. The number of nitrogens with zero attached hydrogens (tertiary/aromatic N) is 3. The number of urea groups is 1. The Morgan fingerprint density at radius 1 is 0.865 bits per heavy atom. The Balaban J connectivity index is 1.65. The van der Waals surface area contributed by atoms with Gasteiger partial charge in [0.05, 0.1) is 11.4 Å². The quantitative estimate of drug-likeness (QED) is 0.291. The van der Waals surface area contributed by atoms with Crippen LogP contribution in [-0.2, 0) is 9.59 Å². The summed E-state index contributed by atoms with van der Waals surface area (Å²) < 4.78 is 0. The Bertz CT molecular complexity index is 1370. The van der Waals surface area contributed by atoms with E-state index in [9.17, 15) is 14.4 Å². The summed E-state index contributed by atoms with van der Waals surface area (Å²) in [6, 6.07) is 20.3. The van der Waals surface area contributed by atoms with Crippen LogP contribution in [0.4, 0.5) is 21.9 Å². The maximum absolute atomic E-state index is 13.7. The maximum Gasteiger partial charge on any atom is 0.343 e. The largest absolute Gasteiger partial charge is 0.369 e. The Morgan fingerprint density at radius 2 is 1.38 bits per heavy atom. The summed E-state index contributed by atoms with van der Waals surface area (Å²) in [5, 5.41) is 0.429. The lowest BCUT2D eigenvalue weighted by atomic mass is 9.80. The Kier molecular flexibility index (Phi) is 6.16. The van der Waals surface area contributed by atoms with Gasteiger partial charge in [0.2, 0.25) is 0 Å². The van der Waals surface area contributed by atoms with Crippen molar-refractivity contribution >= 4 is 52.6 Å². The molecule has 3 aromatic carbocycles. The molecule has 2 aliphatic heterocycles. The summed E-state index contributed by atoms with van der Waals surface area (Å²) in [6.45, 7) is 6.56. The monoisotopic (exact) mass is 513 g/mol. The van der Waals surface area contributed by atoms with Crippen molar-refractivity contribution in [3.05, 3.63) is 94.5 Å². The minimum Gasteiger partial charge on any atom is -0.369 e. The number of fused-ring (bicyclic) bond motifs is 1. The SMILES string of the molecule is CC1CC(C)(C)N(C)c2cc(Cl)c(C=C3C(=O)N(c4ccccc4)C(=O)N(c4ccccc4)C3=O)cc21. The number of benzene rings is 3. The zero-order valence-electron chi connectivity index (χ0n) is 21.2. The van der Waals surface area contributed by atoms with Gasteiger partial charge in [-0.15, -0.1) is 0 Å². The molecule has 1 atom stereocenters. The van der Waals surface area contributed by atoms with Crippen molar-refractivity contribution in [2.24, 2.45) is 0 Å². The molecular weight excluding hydrogens is 486 g/mol. The molecule has 2 heterocycles. The van der Waals surface area contributed by atoms with Crippen LogP contribution in [0.5, 0.6) is 0 Å². The van der Waals surface area contributed by atoms with Crippen molar-refractivity contribution in [1.82, 2.24) is 0 Å². The summed E-state index contributed by atoms with van der Waals surface area (Å²) in [5.74, 6) is -1.11. The third-order valence-electron chi connectivity index (χ3n) is 7.33. The molecule has 1 fully saturated rings. The molecule has 0 N–H and O–H groups in total. The fourth-order valence-electron chi connectivity index (χ4n) is 5.21. The second-order valence-electron chi connectivity index (χ2n) is 10.2. The number of carbonyl (C=O) groups excluding carboxylic acids is 3. The van der Waals surface area contributed by atoms with Crippen molar-refractivity contribution in [2.45, 2.75) is 38.6 Å². The summed E-state index contributed by atoms with van der Waals surface area (Å²) in [7, 11) is 2.05. The number of hydrogen-bond acceptors (Lipinski definition) is 4. The van der Waals surface area contributed by atoms with Gasteiger partial charge in [0.25, 0.3) is 11.8 Å². The predicted octanol–water partition coefficient (Wildman–Crippen LogP) is 6.65. The number of carbonyl (C=O) groups is 3. The molecule has 188 valence electrons. The van der Waals surface area contributed by atoms with Crippen molar-refractivity contribution in [3.63, 3.8) is 0 Å². The zero-order chi connectivity index (χ0) is 26.5. The van der Waals surface area contributed by atoms with Gasteiger partial charge in [-0.1, -0.05) is 54.9 Å². The van der Waals surface area contributed by atoms with Gasteiger partial charge in [-0.05, 0) is 79.8 Å². The van der Waals surface area contributed by atoms with E-state index in [1.54, 1.807) is 60.7 Å². The molecule has 0 radical (unpaired) electrons. The van der Waals surface area contributed by atoms with Crippen molar-refractivity contribution in [3.8, 4) is 0 Å². The molecule has 0 spiro atoms. The average Bonchev–Trinajstić information content (AvgIpc) is 2.87. The van der Waals surface area contributed by atoms with E-state index >= 15 is 0 Å². The lowest BCUT2D eigenvalue weighted by molar-refractivity contribution is -0.121. The van der Waals surface area contributed by atoms with E-state index in [-0.39, 0.29) is 17.0 Å². The Labute approximate surface area is 221 Å². The first-order valence-corrected chi connectivity index (χ1v) is 12.6. The lowest BCUT2D eigenvalue weighted by Gasteiger charge is -2.45. The Morgan fingerprint density at radius 3 is 1.89 bits per heavy atom. The molecule has 37 heavy (non-hydrogen) atoms. The highest BCUT2D eigenvalue weighted by Gasteiger charge is 2.44. The fraction of sp³-hybridized carbons (Fsp3) is 0.233. The van der Waals surface area contributed by atoms with Gasteiger partial charge in [-0.2, -0.15) is 0 Å². The van der Waals surface area contributed by atoms with Crippen LogP contribution >= 0.6 is 11.6 Å². The van der Waals surface area contributed by atoms with E-state index in [1.807, 2.05) is 12.1 Å². The summed E-state index contributed by atoms with van der Waals surface area (Å²) >= 11 is 6.73. The van der Waals surface area contributed by atoms with Gasteiger partial charge >= 0.3 is 6.03 Å². The summed E-state index contributed by atoms with van der Waals surface area (Å²) in [6.07, 6.45) is 2.46. The fourth-order valence-corrected chi connectivity index (χ4v) is 5.42. The van der Waals surface area contributed by atoms with Gasteiger partial charge in [0.15, 0.2) is 0 Å². The van der Waals surface area contributed by atoms with Gasteiger partial charge in [0.1, 0.15) is 5.57 Å². The molecule has 7 heteroatoms. The molecular formula is C30H28ClN3O3. The predicted molar refractivity (Wildman–Crippen MR) is 148 cm³/mol. The van der Waals surface area contributed by atoms with Crippen LogP contribution in [0.25, 0.3) is 6.08 Å². The van der Waals surface area contributed by atoms with Gasteiger partial charge < -0.3 is 4.90 Å². The normalized spacial score (nSPS) is 19.3. The highest BCUT2D eigenvalue weighted by Crippen LogP contribution is 2.44. The zero-order valence-corrected chi connectivity index (χ0v) is 22.0. The third-order valence-corrected chi connectivity index (χ3v) is 7.66. The molecule has 1 saturated heterocycles. The summed E-state index contributed by atoms with van der Waals surface area (Å²) in [4.78, 5) is 45.1. The van der Waals surface area contributed by atoms with E-state index in [4.69, 9.17) is 11.6 Å². The van der Waals surface area contributed by atoms with Gasteiger partial charge in [-0.3, -0.25) is 9.59 Å². The highest BCUT2D eigenvalue weighted by atomic mass is 35.5. The number of halogens is 1. The molecule has 2 aliphatic rings. The highest BCUT2D eigenvalue weighted by molar-refractivity contribution is 6.46. The lowest BCUT2D eigenvalue weighted by Crippen LogP contribution is -2.57.